The molecule has 0 aromatic rings. The minimum atomic E-state index is -0.149. The summed E-state index contributed by atoms with van der Waals surface area (Å²) in [6, 6.07) is 0. The van der Waals surface area contributed by atoms with Crippen LogP contribution >= 0.6 is 11.8 Å². The van der Waals surface area contributed by atoms with Gasteiger partial charge in [0.2, 0.25) is 11.8 Å². The molecule has 1 saturated heterocycles. The second-order valence-electron chi connectivity index (χ2n) is 11.9. The maximum Gasteiger partial charge on any atom is 0.230 e. The van der Waals surface area contributed by atoms with Crippen LogP contribution in [-0.4, -0.2) is 138 Å². The molecule has 238 valence electrons. The second kappa shape index (κ2) is 21.7. The van der Waals surface area contributed by atoms with E-state index in [1.807, 2.05) is 4.90 Å². The first kappa shape index (κ1) is 37.1. The number of nitrogens with one attached hydrogen (secondary N) is 1. The third kappa shape index (κ3) is 20.9. The number of thioether (sulfide) groups is 1. The van der Waals surface area contributed by atoms with Gasteiger partial charge in [0.25, 0.3) is 0 Å². The summed E-state index contributed by atoms with van der Waals surface area (Å²) in [5.74, 6) is 0.551. The molecular weight excluding hydrogens is 534 g/mol. The Labute approximate surface area is 249 Å². The van der Waals surface area contributed by atoms with Crippen molar-refractivity contribution in [3.05, 3.63) is 0 Å². The van der Waals surface area contributed by atoms with Crippen molar-refractivity contribution in [2.75, 3.05) is 112 Å². The molecule has 2 amide bonds. The number of methoxy groups -OCH3 is 1. The van der Waals surface area contributed by atoms with Crippen molar-refractivity contribution in [2.45, 2.75) is 58.6 Å². The average molecular weight is 594 g/mol. The van der Waals surface area contributed by atoms with E-state index in [0.717, 1.165) is 58.8 Å². The highest BCUT2D eigenvalue weighted by molar-refractivity contribution is 8.01. The standard InChI is InChI=1S/C29H57N3O7S.H2/c1-28(2,3)9-16-36-19-21-38-23-24-39-22-20-37-17-10-30-26(33)25-40-29(4,5)8-7-27(34)32-13-11-31(12-14-32)15-18-35-6;/h7-25H2,1-6H3,(H,30,33);1H. The number of nitrogens with zero attached hydrogens (tertiary/aromatic N) is 2. The predicted octanol–water partition coefficient (Wildman–Crippen LogP) is 2.93. The first-order valence-electron chi connectivity index (χ1n) is 14.7. The topological polar surface area (TPSA) is 98.8 Å². The predicted molar refractivity (Wildman–Crippen MR) is 163 cm³/mol. The fraction of sp³-hybridized carbons (Fsp3) is 0.931. The van der Waals surface area contributed by atoms with E-state index >= 15 is 0 Å². The van der Waals surface area contributed by atoms with Gasteiger partial charge in [0, 0.05) is 65.6 Å². The third-order valence-electron chi connectivity index (χ3n) is 6.55. The van der Waals surface area contributed by atoms with Gasteiger partial charge >= 0.3 is 0 Å². The van der Waals surface area contributed by atoms with Gasteiger partial charge in [-0.05, 0) is 18.3 Å². The Balaban J connectivity index is 0.0000160. The largest absolute Gasteiger partial charge is 0.383 e. The Bertz CT molecular complexity index is 675. The molecule has 1 heterocycles. The van der Waals surface area contributed by atoms with E-state index < -0.39 is 0 Å². The van der Waals surface area contributed by atoms with E-state index in [2.05, 4.69) is 44.8 Å². The van der Waals surface area contributed by atoms with Crippen molar-refractivity contribution in [3.8, 4) is 0 Å². The Hall–Kier alpha value is -0.950. The molecule has 40 heavy (non-hydrogen) atoms. The first-order valence-corrected chi connectivity index (χ1v) is 15.7. The van der Waals surface area contributed by atoms with Crippen molar-refractivity contribution in [1.82, 2.24) is 15.1 Å². The summed E-state index contributed by atoms with van der Waals surface area (Å²) in [7, 11) is 1.71. The number of carbonyl (C=O) groups excluding carboxylic acids is 2. The molecule has 0 bridgehead atoms. The molecule has 0 aromatic heterocycles. The fourth-order valence-electron chi connectivity index (χ4n) is 3.79. The Kier molecular flexibility index (Phi) is 20.1. The van der Waals surface area contributed by atoms with E-state index in [4.69, 9.17) is 23.7 Å². The molecule has 0 spiro atoms. The Morgan fingerprint density at radius 3 is 1.88 bits per heavy atom. The van der Waals surface area contributed by atoms with Crippen molar-refractivity contribution in [2.24, 2.45) is 5.41 Å². The fourth-order valence-corrected chi connectivity index (χ4v) is 4.66. The van der Waals surface area contributed by atoms with Crippen molar-refractivity contribution in [3.63, 3.8) is 0 Å². The van der Waals surface area contributed by atoms with Gasteiger partial charge in [-0.25, -0.2) is 0 Å². The van der Waals surface area contributed by atoms with Crippen LogP contribution in [0.15, 0.2) is 0 Å². The lowest BCUT2D eigenvalue weighted by Gasteiger charge is -2.35. The first-order chi connectivity index (χ1) is 19.0. The third-order valence-corrected chi connectivity index (χ3v) is 7.94. The summed E-state index contributed by atoms with van der Waals surface area (Å²) in [5, 5.41) is 2.89. The zero-order chi connectivity index (χ0) is 29.7. The Morgan fingerprint density at radius 1 is 0.775 bits per heavy atom. The molecule has 0 saturated carbocycles. The molecule has 1 rings (SSSR count). The van der Waals surface area contributed by atoms with Crippen LogP contribution in [0.5, 0.6) is 0 Å². The van der Waals surface area contributed by atoms with Crippen LogP contribution in [0.4, 0.5) is 0 Å². The number of ether oxygens (including phenoxy) is 5. The number of hydrogen-bond donors (Lipinski definition) is 1. The minimum absolute atomic E-state index is 0. The number of carbonyl (C=O) groups is 2. The summed E-state index contributed by atoms with van der Waals surface area (Å²) in [4.78, 5) is 29.2. The van der Waals surface area contributed by atoms with Crippen LogP contribution in [0, 0.1) is 5.41 Å². The van der Waals surface area contributed by atoms with Gasteiger partial charge < -0.3 is 33.9 Å². The van der Waals surface area contributed by atoms with Gasteiger partial charge in [-0.15, -0.1) is 11.8 Å². The minimum Gasteiger partial charge on any atom is -0.383 e. The number of amides is 2. The summed E-state index contributed by atoms with van der Waals surface area (Å²) in [5.41, 5.74) is 0.295. The average Bonchev–Trinajstić information content (AvgIpc) is 2.91. The number of hydrogen-bond acceptors (Lipinski definition) is 9. The molecule has 0 aromatic carbocycles. The van der Waals surface area contributed by atoms with Crippen LogP contribution in [0.25, 0.3) is 0 Å². The second-order valence-corrected chi connectivity index (χ2v) is 13.6. The summed E-state index contributed by atoms with van der Waals surface area (Å²) in [6.07, 6.45) is 2.29. The van der Waals surface area contributed by atoms with E-state index in [0.29, 0.717) is 70.4 Å². The molecule has 11 heteroatoms. The maximum absolute atomic E-state index is 12.6. The summed E-state index contributed by atoms with van der Waals surface area (Å²) in [6.45, 7) is 20.6. The molecule has 0 atom stereocenters. The van der Waals surface area contributed by atoms with Crippen LogP contribution in [0.1, 0.15) is 55.3 Å². The quantitative estimate of drug-likeness (QED) is 0.179. The molecule has 0 aliphatic carbocycles. The van der Waals surface area contributed by atoms with Crippen molar-refractivity contribution >= 4 is 23.6 Å². The van der Waals surface area contributed by atoms with Gasteiger partial charge in [-0.3, -0.25) is 14.5 Å². The van der Waals surface area contributed by atoms with Gasteiger partial charge in [0.15, 0.2) is 0 Å². The van der Waals surface area contributed by atoms with E-state index in [-0.39, 0.29) is 18.0 Å². The highest BCUT2D eigenvalue weighted by Gasteiger charge is 2.25. The highest BCUT2D eigenvalue weighted by atomic mass is 32.2. The van der Waals surface area contributed by atoms with Crippen molar-refractivity contribution < 1.29 is 34.7 Å². The summed E-state index contributed by atoms with van der Waals surface area (Å²) >= 11 is 1.59. The SMILES string of the molecule is COCCN1CCN(C(=O)CCC(C)(C)SCC(=O)NCCOCCOCCOCCOCCC(C)(C)C)CC1.[HH]. The molecule has 1 aliphatic heterocycles. The highest BCUT2D eigenvalue weighted by Crippen LogP contribution is 2.29. The van der Waals surface area contributed by atoms with Crippen LogP contribution < -0.4 is 5.32 Å². The monoisotopic (exact) mass is 593 g/mol. The van der Waals surface area contributed by atoms with Gasteiger partial charge in [-0.1, -0.05) is 34.6 Å². The molecule has 1 aliphatic rings. The van der Waals surface area contributed by atoms with Crippen LogP contribution in [0.3, 0.4) is 0 Å². The lowest BCUT2D eigenvalue weighted by Crippen LogP contribution is -2.49. The van der Waals surface area contributed by atoms with Crippen LogP contribution in [0.2, 0.25) is 0 Å². The van der Waals surface area contributed by atoms with E-state index in [1.165, 1.54) is 0 Å². The zero-order valence-corrected chi connectivity index (χ0v) is 26.9. The molecular formula is C29H59N3O7S. The maximum atomic E-state index is 12.6. The molecule has 1 fully saturated rings. The lowest BCUT2D eigenvalue weighted by atomic mass is 9.93. The lowest BCUT2D eigenvalue weighted by molar-refractivity contribution is -0.133. The van der Waals surface area contributed by atoms with E-state index in [9.17, 15) is 9.59 Å². The summed E-state index contributed by atoms with van der Waals surface area (Å²) < 4.78 is 27.0. The van der Waals surface area contributed by atoms with Crippen molar-refractivity contribution in [1.29, 1.82) is 0 Å². The number of piperazine rings is 1. The molecule has 0 unspecified atom stereocenters. The molecule has 1 N–H and O–H groups in total. The smallest absolute Gasteiger partial charge is 0.230 e. The van der Waals surface area contributed by atoms with E-state index in [1.54, 1.807) is 18.9 Å². The van der Waals surface area contributed by atoms with Gasteiger partial charge in [0.05, 0.1) is 58.6 Å². The zero-order valence-electron chi connectivity index (χ0n) is 26.1. The van der Waals surface area contributed by atoms with Gasteiger partial charge in [0.1, 0.15) is 0 Å². The Morgan fingerprint density at radius 2 is 1.32 bits per heavy atom. The number of rotatable bonds is 23. The van der Waals surface area contributed by atoms with Crippen LogP contribution in [-0.2, 0) is 33.3 Å². The van der Waals surface area contributed by atoms with Gasteiger partial charge in [-0.2, -0.15) is 0 Å². The molecule has 10 nitrogen and oxygen atoms in total. The molecule has 0 radical (unpaired) electrons. The normalized spacial score (nSPS) is 15.0.